The predicted molar refractivity (Wildman–Crippen MR) is 104 cm³/mol. The molecule has 1 saturated heterocycles. The first-order valence-electron chi connectivity index (χ1n) is 9.27. The maximum Gasteiger partial charge on any atom is 0.231 e. The molecule has 1 unspecified atom stereocenters. The summed E-state index contributed by atoms with van der Waals surface area (Å²) < 4.78 is 21.2. The molecule has 1 atom stereocenters. The molecule has 4 rings (SSSR count). The molecular formula is C21H22N2O6. The molecule has 0 aromatic heterocycles. The van der Waals surface area contributed by atoms with Crippen LogP contribution in [0.2, 0.25) is 0 Å². The minimum absolute atomic E-state index is 0.0968. The van der Waals surface area contributed by atoms with Gasteiger partial charge in [0.1, 0.15) is 0 Å². The van der Waals surface area contributed by atoms with Gasteiger partial charge in [0.2, 0.25) is 18.6 Å². The van der Waals surface area contributed by atoms with Crippen LogP contribution in [-0.4, -0.2) is 39.4 Å². The van der Waals surface area contributed by atoms with E-state index < -0.39 is 5.92 Å². The minimum Gasteiger partial charge on any atom is -0.493 e. The number of nitrogens with zero attached hydrogens (tertiary/aromatic N) is 1. The Morgan fingerprint density at radius 3 is 2.69 bits per heavy atom. The second-order valence-corrected chi connectivity index (χ2v) is 6.85. The monoisotopic (exact) mass is 398 g/mol. The van der Waals surface area contributed by atoms with E-state index in [4.69, 9.17) is 18.9 Å². The van der Waals surface area contributed by atoms with Gasteiger partial charge in [-0.1, -0.05) is 6.07 Å². The van der Waals surface area contributed by atoms with E-state index in [0.717, 1.165) is 5.56 Å². The zero-order valence-corrected chi connectivity index (χ0v) is 16.3. The van der Waals surface area contributed by atoms with Crippen molar-refractivity contribution in [2.45, 2.75) is 13.0 Å². The SMILES string of the molecule is COc1ccc(N2CC(C(=O)NCc3ccc4c(c3)OCO4)CC2=O)cc1OC. The summed E-state index contributed by atoms with van der Waals surface area (Å²) in [6, 6.07) is 10.8. The molecule has 1 N–H and O–H groups in total. The highest BCUT2D eigenvalue weighted by Crippen LogP contribution is 2.34. The molecule has 2 aliphatic heterocycles. The van der Waals surface area contributed by atoms with Gasteiger partial charge in [-0.05, 0) is 29.8 Å². The first-order valence-corrected chi connectivity index (χ1v) is 9.27. The fourth-order valence-corrected chi connectivity index (χ4v) is 3.51. The van der Waals surface area contributed by atoms with Crippen molar-refractivity contribution in [1.82, 2.24) is 5.32 Å². The number of carbonyl (C=O) groups is 2. The number of fused-ring (bicyclic) bond motifs is 1. The average molecular weight is 398 g/mol. The van der Waals surface area contributed by atoms with Crippen molar-refractivity contribution < 1.29 is 28.5 Å². The number of anilines is 1. The number of hydrogen-bond donors (Lipinski definition) is 1. The van der Waals surface area contributed by atoms with Crippen molar-refractivity contribution in [2.24, 2.45) is 5.92 Å². The van der Waals surface area contributed by atoms with Crippen LogP contribution >= 0.6 is 0 Å². The summed E-state index contributed by atoms with van der Waals surface area (Å²) in [6.45, 7) is 0.888. The second-order valence-electron chi connectivity index (χ2n) is 6.85. The number of ether oxygens (including phenoxy) is 4. The first kappa shape index (κ1) is 18.9. The van der Waals surface area contributed by atoms with Crippen molar-refractivity contribution in [1.29, 1.82) is 0 Å². The number of hydrogen-bond acceptors (Lipinski definition) is 6. The Morgan fingerprint density at radius 1 is 1.10 bits per heavy atom. The molecule has 1 fully saturated rings. The molecule has 0 saturated carbocycles. The van der Waals surface area contributed by atoms with Crippen molar-refractivity contribution >= 4 is 17.5 Å². The largest absolute Gasteiger partial charge is 0.493 e. The summed E-state index contributed by atoms with van der Waals surface area (Å²) in [5, 5.41) is 2.91. The van der Waals surface area contributed by atoms with Crippen molar-refractivity contribution in [3.63, 3.8) is 0 Å². The van der Waals surface area contributed by atoms with Gasteiger partial charge in [0.05, 0.1) is 20.1 Å². The topological polar surface area (TPSA) is 86.3 Å². The van der Waals surface area contributed by atoms with Gasteiger partial charge in [0.25, 0.3) is 0 Å². The van der Waals surface area contributed by atoms with E-state index >= 15 is 0 Å². The fraction of sp³-hybridized carbons (Fsp3) is 0.333. The number of amides is 2. The lowest BCUT2D eigenvalue weighted by molar-refractivity contribution is -0.126. The molecule has 29 heavy (non-hydrogen) atoms. The van der Waals surface area contributed by atoms with Gasteiger partial charge in [-0.25, -0.2) is 0 Å². The van der Waals surface area contributed by atoms with Gasteiger partial charge in [-0.2, -0.15) is 0 Å². The summed E-state index contributed by atoms with van der Waals surface area (Å²) in [7, 11) is 3.10. The zero-order chi connectivity index (χ0) is 20.4. The standard InChI is InChI=1S/C21H22N2O6/c1-26-16-6-4-15(9-18(16)27-2)23-11-14(8-20(23)24)21(25)22-10-13-3-5-17-19(7-13)29-12-28-17/h3-7,9,14H,8,10-12H2,1-2H3,(H,22,25). The molecule has 0 spiro atoms. The highest BCUT2D eigenvalue weighted by Gasteiger charge is 2.35. The van der Waals surface area contributed by atoms with Crippen LogP contribution in [0.15, 0.2) is 36.4 Å². The number of carbonyl (C=O) groups excluding carboxylic acids is 2. The molecule has 2 heterocycles. The number of methoxy groups -OCH3 is 2. The normalized spacial score (nSPS) is 17.4. The van der Waals surface area contributed by atoms with Crippen molar-refractivity contribution in [3.8, 4) is 23.0 Å². The van der Waals surface area contributed by atoms with Gasteiger partial charge in [0, 0.05) is 31.3 Å². The van der Waals surface area contributed by atoms with E-state index in [-0.39, 0.29) is 25.0 Å². The lowest BCUT2D eigenvalue weighted by atomic mass is 10.1. The summed E-state index contributed by atoms with van der Waals surface area (Å²) >= 11 is 0. The van der Waals surface area contributed by atoms with Crippen LogP contribution in [0.4, 0.5) is 5.69 Å². The Morgan fingerprint density at radius 2 is 1.90 bits per heavy atom. The molecule has 152 valence electrons. The lowest BCUT2D eigenvalue weighted by Crippen LogP contribution is -2.32. The maximum atomic E-state index is 12.6. The molecule has 2 amide bonds. The van der Waals surface area contributed by atoms with Gasteiger partial charge < -0.3 is 29.2 Å². The molecular weight excluding hydrogens is 376 g/mol. The third kappa shape index (κ3) is 3.78. The van der Waals surface area contributed by atoms with Gasteiger partial charge in [0.15, 0.2) is 23.0 Å². The van der Waals surface area contributed by atoms with E-state index in [1.54, 1.807) is 37.3 Å². The van der Waals surface area contributed by atoms with E-state index in [1.807, 2.05) is 18.2 Å². The molecule has 2 aliphatic rings. The maximum absolute atomic E-state index is 12.6. The summed E-state index contributed by atoms with van der Waals surface area (Å²) in [5.41, 5.74) is 1.59. The van der Waals surface area contributed by atoms with E-state index in [2.05, 4.69) is 5.32 Å². The summed E-state index contributed by atoms with van der Waals surface area (Å²) in [6.07, 6.45) is 0.168. The Hall–Kier alpha value is -3.42. The Bertz CT molecular complexity index is 945. The van der Waals surface area contributed by atoms with Crippen molar-refractivity contribution in [3.05, 3.63) is 42.0 Å². The smallest absolute Gasteiger partial charge is 0.231 e. The second kappa shape index (κ2) is 7.90. The highest BCUT2D eigenvalue weighted by molar-refractivity contribution is 6.00. The highest BCUT2D eigenvalue weighted by atomic mass is 16.7. The summed E-state index contributed by atoms with van der Waals surface area (Å²) in [4.78, 5) is 26.7. The lowest BCUT2D eigenvalue weighted by Gasteiger charge is -2.18. The average Bonchev–Trinajstić information content (AvgIpc) is 3.37. The van der Waals surface area contributed by atoms with Gasteiger partial charge in [-0.15, -0.1) is 0 Å². The molecule has 0 aliphatic carbocycles. The van der Waals surface area contributed by atoms with E-state index in [9.17, 15) is 9.59 Å². The number of benzene rings is 2. The molecule has 8 nitrogen and oxygen atoms in total. The third-order valence-corrected chi connectivity index (χ3v) is 5.08. The molecule has 0 radical (unpaired) electrons. The van der Waals surface area contributed by atoms with Crippen molar-refractivity contribution in [2.75, 3.05) is 32.5 Å². The van der Waals surface area contributed by atoms with Gasteiger partial charge in [-0.3, -0.25) is 9.59 Å². The van der Waals surface area contributed by atoms with Crippen LogP contribution in [0.3, 0.4) is 0 Å². The molecule has 8 heteroatoms. The number of nitrogens with one attached hydrogen (secondary N) is 1. The Labute approximate surface area is 168 Å². The third-order valence-electron chi connectivity index (χ3n) is 5.08. The van der Waals surface area contributed by atoms with Crippen LogP contribution in [-0.2, 0) is 16.1 Å². The van der Waals surface area contributed by atoms with Crippen LogP contribution in [0.5, 0.6) is 23.0 Å². The summed E-state index contributed by atoms with van der Waals surface area (Å²) in [5.74, 6) is 1.83. The van der Waals surface area contributed by atoms with E-state index in [1.165, 1.54) is 0 Å². The molecule has 2 aromatic rings. The Kier molecular flexibility index (Phi) is 5.16. The first-order chi connectivity index (χ1) is 14.1. The molecule has 2 aromatic carbocycles. The predicted octanol–water partition coefficient (Wildman–Crippen LogP) is 2.10. The Balaban J connectivity index is 1.39. The quantitative estimate of drug-likeness (QED) is 0.802. The van der Waals surface area contributed by atoms with E-state index in [0.29, 0.717) is 41.8 Å². The zero-order valence-electron chi connectivity index (χ0n) is 16.3. The number of rotatable bonds is 6. The van der Waals surface area contributed by atoms with Crippen LogP contribution < -0.4 is 29.2 Å². The molecule has 0 bridgehead atoms. The fourth-order valence-electron chi connectivity index (χ4n) is 3.51. The van der Waals surface area contributed by atoms with Crippen LogP contribution in [0.1, 0.15) is 12.0 Å². The van der Waals surface area contributed by atoms with Gasteiger partial charge >= 0.3 is 0 Å². The minimum atomic E-state index is -0.412. The van der Waals surface area contributed by atoms with Crippen LogP contribution in [0, 0.1) is 5.92 Å². The van der Waals surface area contributed by atoms with Crippen LogP contribution in [0.25, 0.3) is 0 Å².